The lowest BCUT2D eigenvalue weighted by Crippen LogP contribution is -2.30. The van der Waals surface area contributed by atoms with Gasteiger partial charge in [0.1, 0.15) is 6.54 Å². The Labute approximate surface area is 248 Å². The molecule has 2 N–H and O–H groups in total. The average molecular weight is 617 g/mol. The van der Waals surface area contributed by atoms with Gasteiger partial charge in [-0.05, 0) is 48.7 Å². The number of alkyl halides is 2. The molecule has 43 heavy (non-hydrogen) atoms. The number of carboxylic acid groups (broad SMARTS) is 1. The fourth-order valence-electron chi connectivity index (χ4n) is 4.97. The number of nitrogens with zero attached hydrogens (tertiary/aromatic N) is 5. The highest BCUT2D eigenvalue weighted by Gasteiger charge is 2.33. The number of rotatable bonds is 7. The molecule has 1 aliphatic heterocycles. The SMILES string of the molecule is Cc1c(-c2cnn(C)c2)ccc(N2CCCC(F)(F)CC2)c1C(=O)Nc1cccc(S(C)(=O)=NC(=O)CN(C)C(=O)O)c1. The van der Waals surface area contributed by atoms with Gasteiger partial charge in [0.15, 0.2) is 0 Å². The molecule has 14 heteroatoms. The Morgan fingerprint density at radius 3 is 2.60 bits per heavy atom. The second kappa shape index (κ2) is 12.5. The molecule has 2 aromatic carbocycles. The van der Waals surface area contributed by atoms with Gasteiger partial charge in [-0.1, -0.05) is 12.1 Å². The lowest BCUT2D eigenvalue weighted by molar-refractivity contribution is -0.118. The molecule has 1 saturated heterocycles. The van der Waals surface area contributed by atoms with Gasteiger partial charge < -0.3 is 20.2 Å². The monoisotopic (exact) mass is 616 g/mol. The fourth-order valence-corrected chi connectivity index (χ4v) is 6.20. The summed E-state index contributed by atoms with van der Waals surface area (Å²) < 4.78 is 47.1. The number of likely N-dealkylation sites (N-methyl/N-ethyl adjacent to an activating group) is 1. The van der Waals surface area contributed by atoms with Crippen LogP contribution in [0.2, 0.25) is 0 Å². The molecule has 1 aromatic heterocycles. The van der Waals surface area contributed by atoms with Crippen molar-refractivity contribution in [3.05, 3.63) is 59.9 Å². The zero-order chi connectivity index (χ0) is 31.5. The zero-order valence-corrected chi connectivity index (χ0v) is 25.2. The van der Waals surface area contributed by atoms with Crippen molar-refractivity contribution >= 4 is 39.0 Å². The Kier molecular flexibility index (Phi) is 9.18. The van der Waals surface area contributed by atoms with Crippen LogP contribution in [0, 0.1) is 6.92 Å². The Balaban J connectivity index is 1.69. The Bertz CT molecular complexity index is 1680. The minimum absolute atomic E-state index is 0.0823. The third-order valence-electron chi connectivity index (χ3n) is 7.25. The molecule has 0 radical (unpaired) electrons. The van der Waals surface area contributed by atoms with Crippen molar-refractivity contribution in [1.29, 1.82) is 0 Å². The molecule has 1 aliphatic rings. The molecule has 0 saturated carbocycles. The Hall–Kier alpha value is -4.33. The highest BCUT2D eigenvalue weighted by atomic mass is 32.2. The normalized spacial score (nSPS) is 16.1. The first-order valence-electron chi connectivity index (χ1n) is 13.5. The van der Waals surface area contributed by atoms with E-state index in [4.69, 9.17) is 5.11 Å². The first-order chi connectivity index (χ1) is 20.2. The van der Waals surface area contributed by atoms with Crippen molar-refractivity contribution in [2.45, 2.75) is 37.0 Å². The van der Waals surface area contributed by atoms with E-state index in [0.717, 1.165) is 16.0 Å². The molecule has 1 unspecified atom stereocenters. The molecule has 4 rings (SSSR count). The molecule has 3 aromatic rings. The smallest absolute Gasteiger partial charge is 0.407 e. The van der Waals surface area contributed by atoms with Crippen LogP contribution in [-0.4, -0.2) is 80.8 Å². The van der Waals surface area contributed by atoms with E-state index >= 15 is 0 Å². The van der Waals surface area contributed by atoms with E-state index in [2.05, 4.69) is 14.8 Å². The van der Waals surface area contributed by atoms with Gasteiger partial charge in [0.2, 0.25) is 5.92 Å². The molecular formula is C29H34F2N6O5S. The standard InChI is InChI=1S/C29H34F2N6O5S/c1-19-23(20-16-32-36(3)17-20)9-10-24(37-13-6-11-29(30,31)12-14-37)26(19)27(39)33-21-7-5-8-22(15-21)43(4,42)34-25(38)18-35(2)28(40)41/h5,7-10,15-17H,6,11-14,18H2,1-4H3,(H,33,39)(H,40,41). The number of hydrogen-bond acceptors (Lipinski definition) is 6. The molecule has 11 nitrogen and oxygen atoms in total. The predicted octanol–water partition coefficient (Wildman–Crippen LogP) is 4.87. The molecule has 2 heterocycles. The van der Waals surface area contributed by atoms with Crippen LogP contribution in [0.5, 0.6) is 0 Å². The number of nitrogens with one attached hydrogen (secondary N) is 1. The first kappa shape index (κ1) is 31.6. The largest absolute Gasteiger partial charge is 0.465 e. The summed E-state index contributed by atoms with van der Waals surface area (Å²) in [7, 11) is -0.303. The van der Waals surface area contributed by atoms with Crippen LogP contribution >= 0.6 is 0 Å². The Morgan fingerprint density at radius 1 is 1.19 bits per heavy atom. The van der Waals surface area contributed by atoms with E-state index < -0.39 is 40.1 Å². The number of amides is 3. The van der Waals surface area contributed by atoms with Crippen molar-refractivity contribution in [2.75, 3.05) is 43.2 Å². The van der Waals surface area contributed by atoms with Gasteiger partial charge in [-0.15, -0.1) is 0 Å². The van der Waals surface area contributed by atoms with Crippen LogP contribution in [-0.2, 0) is 21.6 Å². The maximum Gasteiger partial charge on any atom is 0.407 e. The van der Waals surface area contributed by atoms with Crippen LogP contribution in [0.3, 0.4) is 0 Å². The summed E-state index contributed by atoms with van der Waals surface area (Å²) in [6, 6.07) is 9.69. The van der Waals surface area contributed by atoms with E-state index in [1.54, 1.807) is 43.0 Å². The fraction of sp³-hybridized carbons (Fsp3) is 0.379. The number of benzene rings is 2. The van der Waals surface area contributed by atoms with E-state index in [1.165, 1.54) is 25.4 Å². The molecule has 1 fully saturated rings. The lowest BCUT2D eigenvalue weighted by Gasteiger charge is -2.27. The number of hydrogen-bond donors (Lipinski definition) is 2. The van der Waals surface area contributed by atoms with Crippen molar-refractivity contribution in [3.63, 3.8) is 0 Å². The molecular weight excluding hydrogens is 582 g/mol. The summed E-state index contributed by atoms with van der Waals surface area (Å²) in [5.41, 5.74) is 3.30. The van der Waals surface area contributed by atoms with Gasteiger partial charge in [-0.25, -0.2) is 17.8 Å². The summed E-state index contributed by atoms with van der Waals surface area (Å²) in [5, 5.41) is 16.0. The quantitative estimate of drug-likeness (QED) is 0.387. The number of aromatic nitrogens is 2. The highest BCUT2D eigenvalue weighted by Crippen LogP contribution is 2.36. The number of anilines is 2. The maximum absolute atomic E-state index is 14.2. The van der Waals surface area contributed by atoms with Crippen molar-refractivity contribution in [1.82, 2.24) is 14.7 Å². The minimum Gasteiger partial charge on any atom is -0.465 e. The van der Waals surface area contributed by atoms with Gasteiger partial charge in [0, 0.05) is 74.3 Å². The average Bonchev–Trinajstić information content (AvgIpc) is 3.26. The highest BCUT2D eigenvalue weighted by molar-refractivity contribution is 7.93. The molecule has 0 bridgehead atoms. The van der Waals surface area contributed by atoms with Crippen molar-refractivity contribution in [2.24, 2.45) is 11.4 Å². The van der Waals surface area contributed by atoms with Crippen LogP contribution in [0.15, 0.2) is 58.1 Å². The number of halogens is 2. The summed E-state index contributed by atoms with van der Waals surface area (Å²) in [5.74, 6) is -4.14. The number of aryl methyl sites for hydroxylation is 1. The molecule has 3 amide bonds. The second-order valence-corrected chi connectivity index (χ2v) is 12.9. The van der Waals surface area contributed by atoms with E-state index in [-0.39, 0.29) is 36.4 Å². The van der Waals surface area contributed by atoms with Gasteiger partial charge in [0.25, 0.3) is 11.8 Å². The van der Waals surface area contributed by atoms with E-state index in [1.807, 2.05) is 17.2 Å². The Morgan fingerprint density at radius 2 is 1.93 bits per heavy atom. The molecule has 230 valence electrons. The summed E-state index contributed by atoms with van der Waals surface area (Å²) in [4.78, 5) is 39.9. The molecule has 0 aliphatic carbocycles. The lowest BCUT2D eigenvalue weighted by atomic mass is 9.95. The maximum atomic E-state index is 14.2. The summed E-state index contributed by atoms with van der Waals surface area (Å²) in [6.07, 6.45) is 3.14. The topological polar surface area (TPSA) is 137 Å². The predicted molar refractivity (Wildman–Crippen MR) is 159 cm³/mol. The summed E-state index contributed by atoms with van der Waals surface area (Å²) >= 11 is 0. The molecule has 0 spiro atoms. The van der Waals surface area contributed by atoms with E-state index in [9.17, 15) is 27.4 Å². The van der Waals surface area contributed by atoms with Gasteiger partial charge >= 0.3 is 6.09 Å². The minimum atomic E-state index is -3.28. The van der Waals surface area contributed by atoms with Gasteiger partial charge in [-0.3, -0.25) is 14.3 Å². The van der Waals surface area contributed by atoms with Crippen LogP contribution < -0.4 is 10.2 Å². The van der Waals surface area contributed by atoms with Crippen LogP contribution in [0.4, 0.5) is 25.0 Å². The van der Waals surface area contributed by atoms with E-state index in [0.29, 0.717) is 23.4 Å². The van der Waals surface area contributed by atoms with Crippen molar-refractivity contribution < 1.29 is 32.5 Å². The summed E-state index contributed by atoms with van der Waals surface area (Å²) in [6.45, 7) is 1.68. The number of carbonyl (C=O) groups is 3. The van der Waals surface area contributed by atoms with Crippen LogP contribution in [0.25, 0.3) is 11.1 Å². The second-order valence-electron chi connectivity index (χ2n) is 10.6. The van der Waals surface area contributed by atoms with Gasteiger partial charge in [0.05, 0.1) is 21.5 Å². The van der Waals surface area contributed by atoms with Crippen molar-refractivity contribution in [3.8, 4) is 11.1 Å². The molecule has 1 atom stereocenters. The first-order valence-corrected chi connectivity index (χ1v) is 15.4. The zero-order valence-electron chi connectivity index (χ0n) is 24.3. The number of carbonyl (C=O) groups excluding carboxylic acids is 2. The van der Waals surface area contributed by atoms with Crippen LogP contribution in [0.1, 0.15) is 35.2 Å². The third kappa shape index (κ3) is 7.55. The third-order valence-corrected chi connectivity index (χ3v) is 8.93. The van der Waals surface area contributed by atoms with Gasteiger partial charge in [-0.2, -0.15) is 9.46 Å².